The zero-order chi connectivity index (χ0) is 14.4. The number of rotatable bonds is 5. The highest BCUT2D eigenvalue weighted by atomic mass is 19.1. The minimum absolute atomic E-state index is 0.0246. The van der Waals surface area contributed by atoms with Gasteiger partial charge in [0.25, 0.3) is 0 Å². The summed E-state index contributed by atoms with van der Waals surface area (Å²) in [5.74, 6) is -0.167. The number of hydrogen-bond donors (Lipinski definition) is 2. The Morgan fingerprint density at radius 1 is 1.20 bits per heavy atom. The monoisotopic (exact) mass is 279 g/mol. The van der Waals surface area contributed by atoms with Gasteiger partial charge in [0.15, 0.2) is 0 Å². The zero-order valence-electron chi connectivity index (χ0n) is 12.4. The Bertz CT molecular complexity index is 413. The molecule has 3 heteroatoms. The second-order valence-electron chi connectivity index (χ2n) is 6.00. The Balaban J connectivity index is 1.98. The normalized spacial score (nSPS) is 20.4. The van der Waals surface area contributed by atoms with Crippen molar-refractivity contribution in [3.05, 3.63) is 35.6 Å². The van der Waals surface area contributed by atoms with Crippen LogP contribution >= 0.6 is 0 Å². The molecule has 0 bridgehead atoms. The van der Waals surface area contributed by atoms with Crippen LogP contribution in [0.15, 0.2) is 24.3 Å². The van der Waals surface area contributed by atoms with Crippen molar-refractivity contribution in [3.63, 3.8) is 0 Å². The van der Waals surface area contributed by atoms with E-state index in [-0.39, 0.29) is 11.9 Å². The van der Waals surface area contributed by atoms with Gasteiger partial charge in [-0.15, -0.1) is 0 Å². The van der Waals surface area contributed by atoms with Crippen LogP contribution in [-0.2, 0) is 0 Å². The first-order chi connectivity index (χ1) is 9.64. The van der Waals surface area contributed by atoms with E-state index in [9.17, 15) is 9.50 Å². The molecule has 1 atom stereocenters. The van der Waals surface area contributed by atoms with Crippen molar-refractivity contribution >= 4 is 0 Å². The molecule has 2 rings (SSSR count). The molecule has 2 nitrogen and oxygen atoms in total. The van der Waals surface area contributed by atoms with Gasteiger partial charge in [-0.2, -0.15) is 0 Å². The summed E-state index contributed by atoms with van der Waals surface area (Å²) in [5, 5.41) is 14.0. The van der Waals surface area contributed by atoms with Crippen molar-refractivity contribution in [3.8, 4) is 0 Å². The maximum Gasteiger partial charge on any atom is 0.127 e. The molecular formula is C17H26FNO. The summed E-state index contributed by atoms with van der Waals surface area (Å²) in [6.45, 7) is 2.60. The van der Waals surface area contributed by atoms with E-state index in [0.29, 0.717) is 12.1 Å². The summed E-state index contributed by atoms with van der Waals surface area (Å²) >= 11 is 0. The minimum Gasteiger partial charge on any atom is -0.389 e. The second-order valence-corrected chi connectivity index (χ2v) is 6.00. The van der Waals surface area contributed by atoms with Crippen LogP contribution in [0, 0.1) is 5.82 Å². The lowest BCUT2D eigenvalue weighted by Crippen LogP contribution is -2.41. The lowest BCUT2D eigenvalue weighted by molar-refractivity contribution is 0.0224. The van der Waals surface area contributed by atoms with Crippen molar-refractivity contribution in [1.82, 2.24) is 5.32 Å². The molecule has 1 aromatic rings. The molecule has 20 heavy (non-hydrogen) atoms. The van der Waals surface area contributed by atoms with Crippen LogP contribution in [0.25, 0.3) is 0 Å². The van der Waals surface area contributed by atoms with E-state index in [1.54, 1.807) is 6.07 Å². The van der Waals surface area contributed by atoms with Gasteiger partial charge in [0.2, 0.25) is 0 Å². The van der Waals surface area contributed by atoms with E-state index in [0.717, 1.165) is 32.1 Å². The highest BCUT2D eigenvalue weighted by molar-refractivity contribution is 5.21. The van der Waals surface area contributed by atoms with E-state index in [1.165, 1.54) is 18.9 Å². The second kappa shape index (κ2) is 7.19. The van der Waals surface area contributed by atoms with E-state index < -0.39 is 5.60 Å². The zero-order valence-corrected chi connectivity index (χ0v) is 12.4. The molecule has 1 aromatic carbocycles. The first-order valence-corrected chi connectivity index (χ1v) is 7.85. The molecule has 0 aliphatic heterocycles. The highest BCUT2D eigenvalue weighted by Gasteiger charge is 2.28. The smallest absolute Gasteiger partial charge is 0.127 e. The molecule has 1 aliphatic rings. The van der Waals surface area contributed by atoms with Crippen LogP contribution in [0.5, 0.6) is 0 Å². The lowest BCUT2D eigenvalue weighted by Gasteiger charge is -2.29. The first kappa shape index (κ1) is 15.5. The fourth-order valence-corrected chi connectivity index (χ4v) is 3.11. The summed E-state index contributed by atoms with van der Waals surface area (Å²) in [6, 6.07) is 6.88. The van der Waals surface area contributed by atoms with Gasteiger partial charge >= 0.3 is 0 Å². The Hall–Kier alpha value is -0.930. The number of halogens is 1. The number of aliphatic hydroxyl groups is 1. The third-order valence-corrected chi connectivity index (χ3v) is 4.40. The van der Waals surface area contributed by atoms with Crippen molar-refractivity contribution in [2.75, 3.05) is 6.54 Å². The van der Waals surface area contributed by atoms with Gasteiger partial charge in [0.05, 0.1) is 5.60 Å². The predicted molar refractivity (Wildman–Crippen MR) is 80.1 cm³/mol. The summed E-state index contributed by atoms with van der Waals surface area (Å²) in [6.07, 6.45) is 7.14. The number of hydrogen-bond acceptors (Lipinski definition) is 2. The molecule has 0 spiro atoms. The molecule has 0 amide bonds. The molecule has 0 radical (unpaired) electrons. The fraction of sp³-hybridized carbons (Fsp3) is 0.647. The fourth-order valence-electron chi connectivity index (χ4n) is 3.11. The molecular weight excluding hydrogens is 253 g/mol. The highest BCUT2D eigenvalue weighted by Crippen LogP contribution is 2.28. The summed E-state index contributed by atoms with van der Waals surface area (Å²) < 4.78 is 13.9. The maximum absolute atomic E-state index is 13.9. The molecule has 1 aliphatic carbocycles. The minimum atomic E-state index is -0.616. The lowest BCUT2D eigenvalue weighted by atomic mass is 9.93. The van der Waals surface area contributed by atoms with E-state index >= 15 is 0 Å². The summed E-state index contributed by atoms with van der Waals surface area (Å²) in [7, 11) is 0. The van der Waals surface area contributed by atoms with Gasteiger partial charge in [0, 0.05) is 18.2 Å². The Labute approximate surface area is 121 Å². The van der Waals surface area contributed by atoms with Gasteiger partial charge in [-0.25, -0.2) is 4.39 Å². The molecule has 1 fully saturated rings. The van der Waals surface area contributed by atoms with Crippen LogP contribution in [-0.4, -0.2) is 17.3 Å². The third kappa shape index (κ3) is 4.03. The van der Waals surface area contributed by atoms with E-state index in [1.807, 2.05) is 19.1 Å². The maximum atomic E-state index is 13.9. The standard InChI is InChI=1S/C17H26FNO/c1-2-16(14-9-5-6-10-15(14)18)19-13-17(20)11-7-3-4-8-12-17/h5-6,9-10,16,19-20H,2-4,7-8,11-13H2,1H3. The average molecular weight is 279 g/mol. The van der Waals surface area contributed by atoms with Crippen LogP contribution < -0.4 is 5.32 Å². The SMILES string of the molecule is CCC(NCC1(O)CCCCCC1)c1ccccc1F. The van der Waals surface area contributed by atoms with Crippen molar-refractivity contribution in [2.45, 2.75) is 63.5 Å². The Morgan fingerprint density at radius 3 is 2.45 bits per heavy atom. The van der Waals surface area contributed by atoms with E-state index in [4.69, 9.17) is 0 Å². The van der Waals surface area contributed by atoms with Crippen LogP contribution in [0.1, 0.15) is 63.5 Å². The van der Waals surface area contributed by atoms with Crippen LogP contribution in [0.3, 0.4) is 0 Å². The Morgan fingerprint density at radius 2 is 1.85 bits per heavy atom. The molecule has 0 saturated heterocycles. The molecule has 0 aromatic heterocycles. The van der Waals surface area contributed by atoms with E-state index in [2.05, 4.69) is 5.32 Å². The van der Waals surface area contributed by atoms with Crippen LogP contribution in [0.4, 0.5) is 4.39 Å². The summed E-state index contributed by atoms with van der Waals surface area (Å²) in [4.78, 5) is 0. The van der Waals surface area contributed by atoms with Gasteiger partial charge in [0.1, 0.15) is 5.82 Å². The van der Waals surface area contributed by atoms with Crippen molar-refractivity contribution < 1.29 is 9.50 Å². The predicted octanol–water partition coefficient (Wildman–Crippen LogP) is 3.95. The van der Waals surface area contributed by atoms with Crippen molar-refractivity contribution in [1.29, 1.82) is 0 Å². The third-order valence-electron chi connectivity index (χ3n) is 4.40. The molecule has 2 N–H and O–H groups in total. The van der Waals surface area contributed by atoms with Gasteiger partial charge in [-0.3, -0.25) is 0 Å². The van der Waals surface area contributed by atoms with Gasteiger partial charge in [-0.05, 0) is 25.3 Å². The van der Waals surface area contributed by atoms with Crippen LogP contribution in [0.2, 0.25) is 0 Å². The largest absolute Gasteiger partial charge is 0.389 e. The molecule has 112 valence electrons. The van der Waals surface area contributed by atoms with Gasteiger partial charge < -0.3 is 10.4 Å². The quantitative estimate of drug-likeness (QED) is 0.800. The summed E-state index contributed by atoms with van der Waals surface area (Å²) in [5.41, 5.74) is 0.0852. The average Bonchev–Trinajstić information content (AvgIpc) is 2.66. The number of benzene rings is 1. The Kier molecular flexibility index (Phi) is 5.55. The molecule has 1 unspecified atom stereocenters. The molecule has 1 saturated carbocycles. The molecule has 0 heterocycles. The van der Waals surface area contributed by atoms with Gasteiger partial charge in [-0.1, -0.05) is 50.8 Å². The van der Waals surface area contributed by atoms with Crippen molar-refractivity contribution in [2.24, 2.45) is 0 Å². The topological polar surface area (TPSA) is 32.3 Å². The first-order valence-electron chi connectivity index (χ1n) is 7.85. The number of nitrogens with one attached hydrogen (secondary N) is 1.